The third-order valence-electron chi connectivity index (χ3n) is 11.2. The van der Waals surface area contributed by atoms with Gasteiger partial charge in [0.25, 0.3) is 0 Å². The maximum atomic E-state index is 9.47. The predicted octanol–water partition coefficient (Wildman–Crippen LogP) is 12.0. The number of nitriles is 1. The molecule has 1 aliphatic heterocycles. The summed E-state index contributed by atoms with van der Waals surface area (Å²) in [4.78, 5) is 15.4. The van der Waals surface area contributed by atoms with Gasteiger partial charge in [0.05, 0.1) is 22.6 Å². The molecule has 1 aliphatic carbocycles. The van der Waals surface area contributed by atoms with E-state index in [0.717, 1.165) is 61.2 Å². The van der Waals surface area contributed by atoms with Gasteiger partial charge in [0.15, 0.2) is 17.5 Å². The Balaban J connectivity index is 1.15. The molecule has 0 bridgehead atoms. The van der Waals surface area contributed by atoms with Crippen molar-refractivity contribution in [2.45, 2.75) is 5.41 Å². The van der Waals surface area contributed by atoms with Crippen molar-refractivity contribution in [2.75, 3.05) is 0 Å². The van der Waals surface area contributed by atoms with Crippen molar-refractivity contribution in [2.24, 2.45) is 0 Å². The van der Waals surface area contributed by atoms with Gasteiger partial charge in [-0.1, -0.05) is 152 Å². The number of fused-ring (bicyclic) bond motifs is 10. The van der Waals surface area contributed by atoms with Crippen molar-refractivity contribution in [3.05, 3.63) is 210 Å². The Labute approximate surface area is 323 Å². The van der Waals surface area contributed by atoms with E-state index in [1.54, 1.807) is 0 Å². The highest BCUT2D eigenvalue weighted by Gasteiger charge is 2.51. The van der Waals surface area contributed by atoms with Gasteiger partial charge < -0.3 is 4.74 Å². The number of hydrogen-bond donors (Lipinski definition) is 0. The molecule has 2 aliphatic rings. The molecule has 0 amide bonds. The van der Waals surface area contributed by atoms with E-state index >= 15 is 0 Å². The average molecular weight is 715 g/mol. The zero-order chi connectivity index (χ0) is 37.2. The van der Waals surface area contributed by atoms with Gasteiger partial charge in [-0.3, -0.25) is 0 Å². The zero-order valence-corrected chi connectivity index (χ0v) is 30.0. The minimum atomic E-state index is -0.646. The minimum absolute atomic E-state index is 0.524. The van der Waals surface area contributed by atoms with Gasteiger partial charge >= 0.3 is 0 Å². The smallest absolute Gasteiger partial charge is 0.167 e. The van der Waals surface area contributed by atoms with E-state index in [0.29, 0.717) is 23.0 Å². The summed E-state index contributed by atoms with van der Waals surface area (Å²) in [6, 6.07) is 64.9. The highest BCUT2D eigenvalue weighted by molar-refractivity contribution is 5.94. The second-order valence-corrected chi connectivity index (χ2v) is 14.3. The summed E-state index contributed by atoms with van der Waals surface area (Å²) in [5, 5.41) is 11.7. The molecule has 2 heterocycles. The SMILES string of the molecule is N#Cc1cccc(-c2ccc(-c3nc(-c4ccccc4)nc(-c4cccc5c4Oc4cc6ccccc6cc4C54c5ccccc5-c5ccccc54)n3)cc2)c1. The van der Waals surface area contributed by atoms with Crippen LogP contribution in [0.1, 0.15) is 27.8 Å². The molecule has 0 unspecified atom stereocenters. The molecular weight excluding hydrogens is 685 g/mol. The molecule has 5 nitrogen and oxygen atoms in total. The van der Waals surface area contributed by atoms with Gasteiger partial charge in [0.2, 0.25) is 0 Å². The third-order valence-corrected chi connectivity index (χ3v) is 11.2. The fourth-order valence-corrected chi connectivity index (χ4v) is 8.71. The summed E-state index contributed by atoms with van der Waals surface area (Å²) in [7, 11) is 0. The molecule has 9 aromatic rings. The first kappa shape index (κ1) is 31.8. The molecule has 56 heavy (non-hydrogen) atoms. The lowest BCUT2D eigenvalue weighted by Crippen LogP contribution is -2.32. The first-order chi connectivity index (χ1) is 27.7. The first-order valence-corrected chi connectivity index (χ1v) is 18.7. The van der Waals surface area contributed by atoms with E-state index in [1.165, 1.54) is 22.3 Å². The highest BCUT2D eigenvalue weighted by Crippen LogP contribution is 2.63. The van der Waals surface area contributed by atoms with Gasteiger partial charge in [-0.2, -0.15) is 5.26 Å². The van der Waals surface area contributed by atoms with Crippen LogP contribution in [0, 0.1) is 11.3 Å². The molecule has 0 saturated carbocycles. The number of ether oxygens (including phenoxy) is 1. The van der Waals surface area contributed by atoms with E-state index in [-0.39, 0.29) is 0 Å². The lowest BCUT2D eigenvalue weighted by Gasteiger charge is -2.40. The Bertz CT molecular complexity index is 3030. The standard InChI is InChI=1S/C51H30N4O/c52-31-32-12-10-17-36(28-32)33-24-26-35(27-25-33)49-53-48(34-13-2-1-3-14-34)54-50(55-49)41-20-11-23-44-47(41)56-46-30-38-16-5-4-15-37(38)29-45(46)51(44)42-21-8-6-18-39(42)40-19-7-9-22-43(40)51/h1-30H. The molecular formula is C51H30N4O. The van der Waals surface area contributed by atoms with Gasteiger partial charge in [-0.25, -0.2) is 15.0 Å². The van der Waals surface area contributed by atoms with Crippen molar-refractivity contribution < 1.29 is 4.74 Å². The summed E-state index contributed by atoms with van der Waals surface area (Å²) in [6.07, 6.45) is 0. The van der Waals surface area contributed by atoms with Gasteiger partial charge in [0, 0.05) is 22.3 Å². The molecule has 0 N–H and O–H groups in total. The van der Waals surface area contributed by atoms with Crippen LogP contribution in [0.25, 0.3) is 67.2 Å². The molecule has 1 spiro atoms. The highest BCUT2D eigenvalue weighted by atomic mass is 16.5. The molecule has 0 fully saturated rings. The van der Waals surface area contributed by atoms with Crippen molar-refractivity contribution in [1.82, 2.24) is 15.0 Å². The molecule has 0 radical (unpaired) electrons. The molecule has 11 rings (SSSR count). The predicted molar refractivity (Wildman–Crippen MR) is 221 cm³/mol. The van der Waals surface area contributed by atoms with Crippen molar-refractivity contribution >= 4 is 10.8 Å². The lowest BCUT2D eigenvalue weighted by atomic mass is 9.65. The number of benzene rings is 8. The van der Waals surface area contributed by atoms with E-state index in [4.69, 9.17) is 19.7 Å². The minimum Gasteiger partial charge on any atom is -0.456 e. The van der Waals surface area contributed by atoms with Crippen molar-refractivity contribution in [3.8, 4) is 74.0 Å². The second kappa shape index (κ2) is 12.4. The second-order valence-electron chi connectivity index (χ2n) is 14.3. The van der Waals surface area contributed by atoms with Crippen LogP contribution in [0.3, 0.4) is 0 Å². The molecule has 0 saturated heterocycles. The van der Waals surface area contributed by atoms with Crippen LogP contribution in [0.15, 0.2) is 182 Å². The Morgan fingerprint density at radius 2 is 0.946 bits per heavy atom. The van der Waals surface area contributed by atoms with E-state index in [2.05, 4.69) is 109 Å². The third kappa shape index (κ3) is 4.76. The van der Waals surface area contributed by atoms with E-state index in [1.807, 2.05) is 78.9 Å². The molecule has 0 atom stereocenters. The summed E-state index contributed by atoms with van der Waals surface area (Å²) in [6.45, 7) is 0. The van der Waals surface area contributed by atoms with Crippen LogP contribution in [-0.4, -0.2) is 15.0 Å². The van der Waals surface area contributed by atoms with Crippen LogP contribution in [0.4, 0.5) is 0 Å². The maximum Gasteiger partial charge on any atom is 0.167 e. The summed E-state index contributed by atoms with van der Waals surface area (Å²) >= 11 is 0. The monoisotopic (exact) mass is 714 g/mol. The van der Waals surface area contributed by atoms with E-state index < -0.39 is 5.41 Å². The van der Waals surface area contributed by atoms with Gasteiger partial charge in [-0.05, 0) is 74.5 Å². The summed E-state index contributed by atoms with van der Waals surface area (Å²) in [5.41, 5.74) is 11.5. The van der Waals surface area contributed by atoms with Crippen LogP contribution < -0.4 is 4.74 Å². The fraction of sp³-hybridized carbons (Fsp3) is 0.0196. The first-order valence-electron chi connectivity index (χ1n) is 18.7. The van der Waals surface area contributed by atoms with Crippen LogP contribution in [0.2, 0.25) is 0 Å². The molecule has 1 aromatic heterocycles. The molecule has 5 heteroatoms. The summed E-state index contributed by atoms with van der Waals surface area (Å²) in [5.74, 6) is 3.18. The Morgan fingerprint density at radius 3 is 1.66 bits per heavy atom. The number of rotatable bonds is 4. The lowest BCUT2D eigenvalue weighted by molar-refractivity contribution is 0.438. The molecule has 8 aromatic carbocycles. The maximum absolute atomic E-state index is 9.47. The van der Waals surface area contributed by atoms with Crippen LogP contribution >= 0.6 is 0 Å². The van der Waals surface area contributed by atoms with Gasteiger partial charge in [0.1, 0.15) is 11.5 Å². The number of para-hydroxylation sites is 1. The average Bonchev–Trinajstić information content (AvgIpc) is 3.56. The Kier molecular flexibility index (Phi) is 7.07. The van der Waals surface area contributed by atoms with Gasteiger partial charge in [-0.15, -0.1) is 0 Å². The zero-order valence-electron chi connectivity index (χ0n) is 30.0. The van der Waals surface area contributed by atoms with Crippen molar-refractivity contribution in [1.29, 1.82) is 5.26 Å². The van der Waals surface area contributed by atoms with Crippen molar-refractivity contribution in [3.63, 3.8) is 0 Å². The quantitative estimate of drug-likeness (QED) is 0.181. The van der Waals surface area contributed by atoms with Crippen LogP contribution in [-0.2, 0) is 5.41 Å². The Morgan fingerprint density at radius 1 is 0.411 bits per heavy atom. The summed E-state index contributed by atoms with van der Waals surface area (Å²) < 4.78 is 7.14. The topological polar surface area (TPSA) is 71.7 Å². The number of aromatic nitrogens is 3. The largest absolute Gasteiger partial charge is 0.456 e. The normalized spacial score (nSPS) is 12.9. The molecule has 260 valence electrons. The van der Waals surface area contributed by atoms with E-state index in [9.17, 15) is 5.26 Å². The number of hydrogen-bond acceptors (Lipinski definition) is 5. The number of nitrogens with zero attached hydrogens (tertiary/aromatic N) is 4. The fourth-order valence-electron chi connectivity index (χ4n) is 8.71. The Hall–Kier alpha value is -7.68. The van der Waals surface area contributed by atoms with Crippen LogP contribution in [0.5, 0.6) is 11.5 Å².